The predicted molar refractivity (Wildman–Crippen MR) is 158 cm³/mol. The van der Waals surface area contributed by atoms with Gasteiger partial charge in [0.1, 0.15) is 11.6 Å². The van der Waals surface area contributed by atoms with Crippen LogP contribution in [0.5, 0.6) is 5.75 Å². The Labute approximate surface area is 240 Å². The van der Waals surface area contributed by atoms with Gasteiger partial charge < -0.3 is 25.5 Å². The summed E-state index contributed by atoms with van der Waals surface area (Å²) in [7, 11) is 0. The van der Waals surface area contributed by atoms with Crippen LogP contribution >= 0.6 is 0 Å². The number of fused-ring (bicyclic) bond motifs is 1. The molecule has 1 aliphatic rings. The molecule has 0 atom stereocenters. The highest BCUT2D eigenvalue weighted by molar-refractivity contribution is 6.03. The Kier molecular flexibility index (Phi) is 8.84. The number of Topliss-reactive ketones (excluding diaryl/α,β-unsaturated/α-hetero) is 1. The minimum Gasteiger partial charge on any atom is -0.506 e. The van der Waals surface area contributed by atoms with Gasteiger partial charge in [-0.1, -0.05) is 19.2 Å². The van der Waals surface area contributed by atoms with E-state index in [-0.39, 0.29) is 41.1 Å². The van der Waals surface area contributed by atoms with E-state index in [1.165, 1.54) is 23.2 Å². The van der Waals surface area contributed by atoms with Crippen LogP contribution in [0.3, 0.4) is 0 Å². The number of rotatable bonds is 10. The van der Waals surface area contributed by atoms with Crippen LogP contribution in [0.25, 0.3) is 16.6 Å². The number of anilines is 2. The van der Waals surface area contributed by atoms with Gasteiger partial charge in [0.2, 0.25) is 11.8 Å². The van der Waals surface area contributed by atoms with Gasteiger partial charge in [0.15, 0.2) is 23.2 Å². The molecule has 42 heavy (non-hydrogen) atoms. The van der Waals surface area contributed by atoms with E-state index in [9.17, 15) is 23.5 Å². The molecule has 0 radical (unpaired) electrons. The van der Waals surface area contributed by atoms with Gasteiger partial charge in [-0.05, 0) is 50.6 Å². The van der Waals surface area contributed by atoms with Crippen LogP contribution in [0.4, 0.5) is 20.3 Å². The number of nitrogens with two attached hydrogens (primary N) is 1. The minimum absolute atomic E-state index is 0.0132. The van der Waals surface area contributed by atoms with Gasteiger partial charge in [0, 0.05) is 29.6 Å². The van der Waals surface area contributed by atoms with Gasteiger partial charge in [-0.3, -0.25) is 9.59 Å². The Morgan fingerprint density at radius 1 is 1.33 bits per heavy atom. The number of hydrogen-bond acceptors (Lipinski definition) is 7. The summed E-state index contributed by atoms with van der Waals surface area (Å²) in [5, 5.41) is 15.4. The second-order valence-corrected chi connectivity index (χ2v) is 9.45. The quantitative estimate of drug-likeness (QED) is 0.0908. The Morgan fingerprint density at radius 2 is 2.10 bits per heavy atom. The average Bonchev–Trinajstić information content (AvgIpc) is 3.66. The number of ether oxygens (including phenoxy) is 1. The molecule has 12 heteroatoms. The molecule has 0 spiro atoms. The van der Waals surface area contributed by atoms with Crippen molar-refractivity contribution in [3.05, 3.63) is 90.7 Å². The molecule has 0 saturated carbocycles. The summed E-state index contributed by atoms with van der Waals surface area (Å²) >= 11 is 0. The molecule has 2 aromatic heterocycles. The molecular formula is C30H30F2N6O4. The Morgan fingerprint density at radius 3 is 2.74 bits per heavy atom. The molecule has 0 bridgehead atoms. The average molecular weight is 577 g/mol. The number of hydrogen-bond donors (Lipinski definition) is 3. The van der Waals surface area contributed by atoms with Crippen molar-refractivity contribution in [3.8, 4) is 5.75 Å². The van der Waals surface area contributed by atoms with Crippen LogP contribution < -0.4 is 10.6 Å². The zero-order chi connectivity index (χ0) is 30.6. The van der Waals surface area contributed by atoms with Gasteiger partial charge in [-0.15, -0.1) is 0 Å². The number of aromatic amines is 1. The van der Waals surface area contributed by atoms with E-state index in [1.54, 1.807) is 43.0 Å². The van der Waals surface area contributed by atoms with Crippen LogP contribution in [0.1, 0.15) is 42.7 Å². The van der Waals surface area contributed by atoms with Gasteiger partial charge in [0.25, 0.3) is 0 Å². The highest BCUT2D eigenvalue weighted by atomic mass is 19.1. The normalized spacial score (nSPS) is 15.0. The first-order valence-corrected chi connectivity index (χ1v) is 13.0. The number of carbonyl (C=O) groups excluding carboxylic acids is 2. The fraction of sp³-hybridized carbons (Fsp3) is 0.200. The monoisotopic (exact) mass is 576 g/mol. The van der Waals surface area contributed by atoms with E-state index in [4.69, 9.17) is 10.5 Å². The number of phenols is 1. The van der Waals surface area contributed by atoms with Crippen LogP contribution in [0, 0.1) is 0 Å². The standard InChI is InChI=1S/C30H30F2N6O4/c1-5-8-27(42-29(18(4)31)22(32)6-2)34-15-17(3)38-30(33)21(16-35-38)25(39)13-20-11-19-12-26(40)24(14-23(19)36-20)37-10-7-9-28(37)41/h5-6,8,11-12,14-16,36,40H,2,4,7,9-10,13,33H2,1,3H3/b8-5+,17-15+,29-22-,34-27-. The summed E-state index contributed by atoms with van der Waals surface area (Å²) in [6.07, 6.45) is 7.51. The van der Waals surface area contributed by atoms with Crippen molar-refractivity contribution in [3.63, 3.8) is 0 Å². The van der Waals surface area contributed by atoms with Crippen LogP contribution in [-0.2, 0) is 16.0 Å². The van der Waals surface area contributed by atoms with E-state index in [2.05, 4.69) is 28.2 Å². The number of H-pyrrole nitrogens is 1. The number of ketones is 1. The predicted octanol–water partition coefficient (Wildman–Crippen LogP) is 5.86. The van der Waals surface area contributed by atoms with Crippen LogP contribution in [0.15, 0.2) is 84.4 Å². The van der Waals surface area contributed by atoms with Crippen molar-refractivity contribution in [1.82, 2.24) is 14.8 Å². The molecule has 1 fully saturated rings. The lowest BCUT2D eigenvalue weighted by atomic mass is 10.1. The maximum absolute atomic E-state index is 13.9. The number of phenolic OH excluding ortho intramolecular Hbond substituents is 1. The third-order valence-corrected chi connectivity index (χ3v) is 6.46. The fourth-order valence-corrected chi connectivity index (χ4v) is 4.44. The smallest absolute Gasteiger partial charge is 0.227 e. The number of aliphatic imine (C=N–C) groups is 1. The Hall–Kier alpha value is -5.26. The van der Waals surface area contributed by atoms with Gasteiger partial charge >= 0.3 is 0 Å². The molecule has 0 aliphatic carbocycles. The number of benzene rings is 1. The third-order valence-electron chi connectivity index (χ3n) is 6.46. The van der Waals surface area contributed by atoms with Crippen molar-refractivity contribution in [2.45, 2.75) is 33.1 Å². The number of allylic oxidation sites excluding steroid dienone is 5. The zero-order valence-electron chi connectivity index (χ0n) is 23.2. The number of nitrogens with zero attached hydrogens (tertiary/aromatic N) is 4. The summed E-state index contributed by atoms with van der Waals surface area (Å²) in [4.78, 5) is 34.1. The molecule has 218 valence electrons. The maximum atomic E-state index is 13.9. The van der Waals surface area contributed by atoms with E-state index in [0.717, 1.165) is 12.5 Å². The lowest BCUT2D eigenvalue weighted by molar-refractivity contribution is -0.117. The van der Waals surface area contributed by atoms with Crippen molar-refractivity contribution >= 4 is 45.7 Å². The van der Waals surface area contributed by atoms with Gasteiger partial charge in [0.05, 0.1) is 35.8 Å². The molecule has 1 saturated heterocycles. The number of aromatic nitrogens is 3. The van der Waals surface area contributed by atoms with Gasteiger partial charge in [-0.2, -0.15) is 5.10 Å². The van der Waals surface area contributed by atoms with E-state index in [0.29, 0.717) is 40.9 Å². The minimum atomic E-state index is -1.14. The largest absolute Gasteiger partial charge is 0.506 e. The van der Waals surface area contributed by atoms with Crippen molar-refractivity contribution in [1.29, 1.82) is 0 Å². The SMILES string of the molecule is C=C/C(F)=C(/OC(/C=C/C)=N\C=C(/C)n1ncc(C(=O)Cc2cc3cc(O)c(N4CCCC4=O)cc3[nH]2)c1N)C(=C)F. The number of carbonyl (C=O) groups is 2. The first-order chi connectivity index (χ1) is 20.0. The fourth-order valence-electron chi connectivity index (χ4n) is 4.44. The van der Waals surface area contributed by atoms with Crippen LogP contribution in [-0.4, -0.2) is 44.0 Å². The number of nitrogens with one attached hydrogen (secondary N) is 1. The van der Waals surface area contributed by atoms with Crippen molar-refractivity contribution in [2.75, 3.05) is 17.2 Å². The highest BCUT2D eigenvalue weighted by Gasteiger charge is 2.25. The molecule has 1 aromatic carbocycles. The molecule has 10 nitrogen and oxygen atoms in total. The lowest BCUT2D eigenvalue weighted by Crippen LogP contribution is -2.23. The summed E-state index contributed by atoms with van der Waals surface area (Å²) < 4.78 is 34.1. The number of aromatic hydroxyl groups is 1. The second kappa shape index (κ2) is 12.5. The highest BCUT2D eigenvalue weighted by Crippen LogP contribution is 2.35. The van der Waals surface area contributed by atoms with E-state index >= 15 is 0 Å². The summed E-state index contributed by atoms with van der Waals surface area (Å²) in [5.41, 5.74) is 8.48. The van der Waals surface area contributed by atoms with Gasteiger partial charge in [-0.25, -0.2) is 18.5 Å². The van der Waals surface area contributed by atoms with Crippen LogP contribution in [0.2, 0.25) is 0 Å². The van der Waals surface area contributed by atoms with Crippen molar-refractivity contribution in [2.24, 2.45) is 4.99 Å². The molecule has 1 amide bonds. The summed E-state index contributed by atoms with van der Waals surface area (Å²) in [6, 6.07) is 5.00. The first-order valence-electron chi connectivity index (χ1n) is 13.0. The molecule has 3 heterocycles. The first kappa shape index (κ1) is 29.7. The number of halogens is 2. The van der Waals surface area contributed by atoms with E-state index in [1.807, 2.05) is 0 Å². The zero-order valence-corrected chi connectivity index (χ0v) is 23.2. The third kappa shape index (κ3) is 6.22. The molecule has 1 aliphatic heterocycles. The number of amides is 1. The second-order valence-electron chi connectivity index (χ2n) is 9.45. The summed E-state index contributed by atoms with van der Waals surface area (Å²) in [6.45, 7) is 10.1. The Balaban J connectivity index is 1.54. The lowest BCUT2D eigenvalue weighted by Gasteiger charge is -2.17. The molecular weight excluding hydrogens is 546 g/mol. The van der Waals surface area contributed by atoms with Crippen molar-refractivity contribution < 1.29 is 28.2 Å². The van der Waals surface area contributed by atoms with E-state index < -0.39 is 17.4 Å². The topological polar surface area (TPSA) is 139 Å². The molecule has 4 rings (SSSR count). The molecule has 0 unspecified atom stereocenters. The number of nitrogen functional groups attached to an aromatic ring is 1. The maximum Gasteiger partial charge on any atom is 0.227 e. The molecule has 4 N–H and O–H groups in total. The summed E-state index contributed by atoms with van der Waals surface area (Å²) in [5.74, 6) is -3.40. The molecule has 3 aromatic rings. The Bertz CT molecular complexity index is 1710.